The van der Waals surface area contributed by atoms with Gasteiger partial charge in [0.25, 0.3) is 0 Å². The van der Waals surface area contributed by atoms with Crippen LogP contribution in [0.3, 0.4) is 0 Å². The summed E-state index contributed by atoms with van der Waals surface area (Å²) in [5.74, 6) is -0.545. The van der Waals surface area contributed by atoms with Crippen LogP contribution < -0.4 is 10.6 Å². The molecule has 6 nitrogen and oxygen atoms in total. The molecular formula is C17H30N2O4. The Labute approximate surface area is 138 Å². The van der Waals surface area contributed by atoms with Crippen LogP contribution in [0.2, 0.25) is 0 Å². The molecule has 2 aliphatic heterocycles. The van der Waals surface area contributed by atoms with Crippen molar-refractivity contribution in [3.05, 3.63) is 0 Å². The summed E-state index contributed by atoms with van der Waals surface area (Å²) in [5.41, 5.74) is 0.0817. The zero-order chi connectivity index (χ0) is 17.0. The fourth-order valence-electron chi connectivity index (χ4n) is 3.27. The molecule has 23 heavy (non-hydrogen) atoms. The van der Waals surface area contributed by atoms with Crippen LogP contribution in [0.25, 0.3) is 0 Å². The van der Waals surface area contributed by atoms with Crippen LogP contribution in [0.1, 0.15) is 46.5 Å². The van der Waals surface area contributed by atoms with Crippen molar-refractivity contribution in [2.24, 2.45) is 11.3 Å². The molecule has 0 spiro atoms. The summed E-state index contributed by atoms with van der Waals surface area (Å²) in [6.07, 6.45) is 4.48. The van der Waals surface area contributed by atoms with Crippen LogP contribution in [0, 0.1) is 11.3 Å². The highest BCUT2D eigenvalue weighted by molar-refractivity contribution is 5.88. The first-order valence-corrected chi connectivity index (χ1v) is 8.62. The number of hydrogen-bond donors (Lipinski definition) is 2. The van der Waals surface area contributed by atoms with Crippen molar-refractivity contribution in [1.82, 2.24) is 10.6 Å². The average molecular weight is 326 g/mol. The molecule has 2 unspecified atom stereocenters. The van der Waals surface area contributed by atoms with Gasteiger partial charge in [0.1, 0.15) is 6.04 Å². The molecule has 0 aromatic heterocycles. The van der Waals surface area contributed by atoms with Gasteiger partial charge in [0.15, 0.2) is 0 Å². The minimum absolute atomic E-state index is 0.0817. The predicted molar refractivity (Wildman–Crippen MR) is 86.9 cm³/mol. The first-order valence-electron chi connectivity index (χ1n) is 8.62. The average Bonchev–Trinajstić information content (AvgIpc) is 2.58. The second-order valence-corrected chi connectivity index (χ2v) is 7.28. The van der Waals surface area contributed by atoms with Crippen molar-refractivity contribution in [3.63, 3.8) is 0 Å². The van der Waals surface area contributed by atoms with Gasteiger partial charge < -0.3 is 20.1 Å². The molecular weight excluding hydrogens is 296 g/mol. The number of amides is 2. The molecule has 0 radical (unpaired) electrons. The molecule has 2 saturated heterocycles. The van der Waals surface area contributed by atoms with Crippen LogP contribution in [0.15, 0.2) is 0 Å². The fourth-order valence-corrected chi connectivity index (χ4v) is 3.27. The van der Waals surface area contributed by atoms with Crippen molar-refractivity contribution in [2.75, 3.05) is 20.3 Å². The molecule has 2 atom stereocenters. The van der Waals surface area contributed by atoms with E-state index in [9.17, 15) is 9.59 Å². The maximum absolute atomic E-state index is 12.1. The number of likely N-dealkylation sites (N-methyl/N-ethyl adjacent to an activating group) is 1. The third-order valence-corrected chi connectivity index (χ3v) is 5.09. The van der Waals surface area contributed by atoms with Gasteiger partial charge in [-0.05, 0) is 32.6 Å². The van der Waals surface area contributed by atoms with E-state index in [4.69, 9.17) is 9.47 Å². The lowest BCUT2D eigenvalue weighted by molar-refractivity contribution is -0.155. The largest absolute Gasteiger partial charge is 0.378 e. The topological polar surface area (TPSA) is 76.7 Å². The molecule has 0 aromatic carbocycles. The molecule has 3 rings (SSSR count). The van der Waals surface area contributed by atoms with Gasteiger partial charge in [0.2, 0.25) is 11.8 Å². The monoisotopic (exact) mass is 326 g/mol. The highest BCUT2D eigenvalue weighted by atomic mass is 16.5. The van der Waals surface area contributed by atoms with E-state index in [2.05, 4.69) is 10.6 Å². The fraction of sp³-hybridized carbons (Fsp3) is 0.882. The number of ether oxygens (including phenoxy) is 2. The summed E-state index contributed by atoms with van der Waals surface area (Å²) in [4.78, 5) is 24.0. The molecule has 1 saturated carbocycles. The van der Waals surface area contributed by atoms with E-state index >= 15 is 0 Å². The summed E-state index contributed by atoms with van der Waals surface area (Å²) >= 11 is 0. The smallest absolute Gasteiger partial charge is 0.245 e. The Hall–Kier alpha value is -1.14. The van der Waals surface area contributed by atoms with Crippen molar-refractivity contribution in [3.8, 4) is 0 Å². The van der Waals surface area contributed by atoms with E-state index in [1.807, 2.05) is 6.92 Å². The SMILES string of the molecule is CNC(=O)C(NC(=O)C(C)C)C(C)OCC12CCC(CC1)OC2. The number of fused-ring (bicyclic) bond motifs is 3. The van der Waals surface area contributed by atoms with E-state index in [1.54, 1.807) is 20.9 Å². The summed E-state index contributed by atoms with van der Waals surface area (Å²) in [6.45, 7) is 6.77. The third kappa shape index (κ3) is 4.44. The zero-order valence-corrected chi connectivity index (χ0v) is 14.7. The van der Waals surface area contributed by atoms with Gasteiger partial charge in [-0.3, -0.25) is 9.59 Å². The molecule has 6 heteroatoms. The molecule has 3 fully saturated rings. The maximum atomic E-state index is 12.1. The third-order valence-electron chi connectivity index (χ3n) is 5.09. The highest BCUT2D eigenvalue weighted by Gasteiger charge is 2.42. The second kappa shape index (κ2) is 7.62. The van der Waals surface area contributed by atoms with Crippen molar-refractivity contribution < 1.29 is 19.1 Å². The quantitative estimate of drug-likeness (QED) is 0.738. The minimum atomic E-state index is -0.674. The lowest BCUT2D eigenvalue weighted by Crippen LogP contribution is -2.54. The Morgan fingerprint density at radius 3 is 2.35 bits per heavy atom. The Kier molecular flexibility index (Phi) is 6.03. The van der Waals surface area contributed by atoms with E-state index in [0.717, 1.165) is 32.3 Å². The lowest BCUT2D eigenvalue weighted by atomic mass is 9.72. The summed E-state index contributed by atoms with van der Waals surface area (Å²) in [6, 6.07) is -0.674. The Morgan fingerprint density at radius 2 is 1.87 bits per heavy atom. The van der Waals surface area contributed by atoms with E-state index < -0.39 is 6.04 Å². The van der Waals surface area contributed by atoms with Crippen LogP contribution in [0.4, 0.5) is 0 Å². The zero-order valence-electron chi connectivity index (χ0n) is 14.7. The summed E-state index contributed by atoms with van der Waals surface area (Å²) in [5, 5.41) is 5.39. The maximum Gasteiger partial charge on any atom is 0.245 e. The second-order valence-electron chi connectivity index (χ2n) is 7.28. The number of nitrogens with one attached hydrogen (secondary N) is 2. The molecule has 0 aromatic rings. The van der Waals surface area contributed by atoms with E-state index in [-0.39, 0.29) is 29.3 Å². The minimum Gasteiger partial charge on any atom is -0.378 e. The molecule has 2 bridgehead atoms. The highest BCUT2D eigenvalue weighted by Crippen LogP contribution is 2.43. The first-order chi connectivity index (χ1) is 10.9. The Bertz CT molecular complexity index is 417. The first kappa shape index (κ1) is 18.2. The van der Waals surface area contributed by atoms with Gasteiger partial charge >= 0.3 is 0 Å². The molecule has 132 valence electrons. The molecule has 3 aliphatic rings. The Morgan fingerprint density at radius 1 is 1.22 bits per heavy atom. The van der Waals surface area contributed by atoms with Gasteiger partial charge in [0.05, 0.1) is 25.4 Å². The van der Waals surface area contributed by atoms with Crippen molar-refractivity contribution in [2.45, 2.75) is 64.7 Å². The van der Waals surface area contributed by atoms with Crippen LogP contribution in [-0.2, 0) is 19.1 Å². The molecule has 2 N–H and O–H groups in total. The van der Waals surface area contributed by atoms with Crippen LogP contribution in [-0.4, -0.2) is 50.3 Å². The van der Waals surface area contributed by atoms with Gasteiger partial charge in [-0.1, -0.05) is 13.8 Å². The summed E-state index contributed by atoms with van der Waals surface area (Å²) in [7, 11) is 1.57. The predicted octanol–water partition coefficient (Wildman–Crippen LogP) is 1.24. The van der Waals surface area contributed by atoms with E-state index in [0.29, 0.717) is 12.7 Å². The molecule has 1 aliphatic carbocycles. The Balaban J connectivity index is 1.92. The van der Waals surface area contributed by atoms with Gasteiger partial charge in [-0.2, -0.15) is 0 Å². The lowest BCUT2D eigenvalue weighted by Gasteiger charge is -2.46. The van der Waals surface area contributed by atoms with Crippen LogP contribution >= 0.6 is 0 Å². The number of hydrogen-bond acceptors (Lipinski definition) is 4. The standard InChI is InChI=1S/C17H30N2O4/c1-11(2)15(20)19-14(16(21)18-4)12(3)22-9-17-7-5-13(6-8-17)23-10-17/h11-14H,5-10H2,1-4H3,(H,18,21)(H,19,20). The molecule has 2 heterocycles. The number of carbonyl (C=O) groups is 2. The van der Waals surface area contributed by atoms with E-state index in [1.165, 1.54) is 0 Å². The van der Waals surface area contributed by atoms with Crippen molar-refractivity contribution in [1.29, 1.82) is 0 Å². The van der Waals surface area contributed by atoms with Gasteiger partial charge in [0, 0.05) is 18.4 Å². The van der Waals surface area contributed by atoms with Crippen molar-refractivity contribution >= 4 is 11.8 Å². The number of rotatable bonds is 7. The number of carbonyl (C=O) groups excluding carboxylic acids is 2. The van der Waals surface area contributed by atoms with Gasteiger partial charge in [-0.25, -0.2) is 0 Å². The summed E-state index contributed by atoms with van der Waals surface area (Å²) < 4.78 is 11.8. The normalized spacial score (nSPS) is 29.2. The van der Waals surface area contributed by atoms with Crippen LogP contribution in [0.5, 0.6) is 0 Å². The molecule has 2 amide bonds. The van der Waals surface area contributed by atoms with Gasteiger partial charge in [-0.15, -0.1) is 0 Å².